The molecule has 1 N–H and O–H groups in total. The van der Waals surface area contributed by atoms with Gasteiger partial charge in [-0.1, -0.05) is 48.1 Å². The van der Waals surface area contributed by atoms with Crippen LogP contribution in [0.5, 0.6) is 0 Å². The number of carbonyl (C=O) groups is 1. The van der Waals surface area contributed by atoms with E-state index in [4.69, 9.17) is 11.6 Å². The number of rotatable bonds is 5. The fourth-order valence-electron chi connectivity index (χ4n) is 2.68. The Labute approximate surface area is 169 Å². The maximum absolute atomic E-state index is 12.4. The summed E-state index contributed by atoms with van der Waals surface area (Å²) in [6, 6.07) is 13.7. The van der Waals surface area contributed by atoms with Gasteiger partial charge in [0.25, 0.3) is 0 Å². The standard InChI is InChI=1S/C20H16ClN3OS2/c1-2-12-3-8-16-17(9-12)27-20(23-16)24-18(25)10-15-11-26-19(22-15)13-4-6-14(21)7-5-13/h3-9,11H,2,10H2,1H3,(H,23,24,25). The number of aryl methyl sites for hydroxylation is 1. The van der Waals surface area contributed by atoms with E-state index in [9.17, 15) is 4.79 Å². The number of carbonyl (C=O) groups excluding carboxylic acids is 1. The third kappa shape index (κ3) is 4.18. The number of hydrogen-bond donors (Lipinski definition) is 1. The Bertz CT molecular complexity index is 1100. The van der Waals surface area contributed by atoms with Gasteiger partial charge in [0.1, 0.15) is 5.01 Å². The van der Waals surface area contributed by atoms with Gasteiger partial charge in [0.05, 0.1) is 22.3 Å². The molecule has 0 atom stereocenters. The van der Waals surface area contributed by atoms with Crippen LogP contribution in [0.25, 0.3) is 20.8 Å². The van der Waals surface area contributed by atoms with Gasteiger partial charge in [0.2, 0.25) is 5.91 Å². The van der Waals surface area contributed by atoms with E-state index in [2.05, 4.69) is 34.3 Å². The Morgan fingerprint density at radius 1 is 1.15 bits per heavy atom. The van der Waals surface area contributed by atoms with E-state index in [-0.39, 0.29) is 12.3 Å². The number of amides is 1. The first-order valence-electron chi connectivity index (χ1n) is 8.50. The Balaban J connectivity index is 1.44. The van der Waals surface area contributed by atoms with Gasteiger partial charge in [-0.05, 0) is 36.2 Å². The van der Waals surface area contributed by atoms with E-state index < -0.39 is 0 Å². The van der Waals surface area contributed by atoms with Gasteiger partial charge in [-0.2, -0.15) is 0 Å². The molecule has 4 rings (SSSR count). The van der Waals surface area contributed by atoms with Crippen LogP contribution < -0.4 is 5.32 Å². The van der Waals surface area contributed by atoms with Gasteiger partial charge in [-0.15, -0.1) is 11.3 Å². The second-order valence-corrected chi connectivity index (χ2v) is 8.38. The third-order valence-electron chi connectivity index (χ3n) is 4.09. The van der Waals surface area contributed by atoms with Crippen LogP contribution in [-0.2, 0) is 17.6 Å². The summed E-state index contributed by atoms with van der Waals surface area (Å²) in [5, 5.41) is 6.99. The van der Waals surface area contributed by atoms with Gasteiger partial charge >= 0.3 is 0 Å². The highest BCUT2D eigenvalue weighted by molar-refractivity contribution is 7.22. The van der Waals surface area contributed by atoms with Crippen LogP contribution in [0.3, 0.4) is 0 Å². The largest absolute Gasteiger partial charge is 0.302 e. The second kappa shape index (κ2) is 7.76. The van der Waals surface area contributed by atoms with Gasteiger partial charge in [-0.3, -0.25) is 4.79 Å². The minimum Gasteiger partial charge on any atom is -0.302 e. The maximum Gasteiger partial charge on any atom is 0.232 e. The number of halogens is 1. The molecule has 27 heavy (non-hydrogen) atoms. The fraction of sp³-hybridized carbons (Fsp3) is 0.150. The average Bonchev–Trinajstić information content (AvgIpc) is 3.27. The van der Waals surface area contributed by atoms with Crippen molar-refractivity contribution in [3.8, 4) is 10.6 Å². The number of thiazole rings is 2. The molecule has 0 aliphatic rings. The summed E-state index contributed by atoms with van der Waals surface area (Å²) in [6.45, 7) is 2.12. The van der Waals surface area contributed by atoms with E-state index in [1.165, 1.54) is 28.2 Å². The zero-order valence-electron chi connectivity index (χ0n) is 14.5. The lowest BCUT2D eigenvalue weighted by Gasteiger charge is -1.99. The molecule has 0 fully saturated rings. The molecule has 0 saturated carbocycles. The molecule has 0 spiro atoms. The molecule has 0 saturated heterocycles. The fourth-order valence-corrected chi connectivity index (χ4v) is 4.58. The second-order valence-electron chi connectivity index (χ2n) is 6.05. The average molecular weight is 414 g/mol. The first-order valence-corrected chi connectivity index (χ1v) is 10.6. The zero-order chi connectivity index (χ0) is 18.8. The Morgan fingerprint density at radius 3 is 2.74 bits per heavy atom. The van der Waals surface area contributed by atoms with Crippen molar-refractivity contribution in [3.05, 3.63) is 64.1 Å². The molecule has 4 aromatic rings. The monoisotopic (exact) mass is 413 g/mol. The van der Waals surface area contributed by atoms with E-state index in [0.29, 0.717) is 10.2 Å². The van der Waals surface area contributed by atoms with E-state index >= 15 is 0 Å². The molecule has 7 heteroatoms. The molecule has 0 unspecified atom stereocenters. The summed E-state index contributed by atoms with van der Waals surface area (Å²) >= 11 is 8.93. The van der Waals surface area contributed by atoms with Crippen LogP contribution >= 0.6 is 34.3 Å². The van der Waals surface area contributed by atoms with Crippen molar-refractivity contribution in [1.29, 1.82) is 0 Å². The number of anilines is 1. The number of nitrogens with zero attached hydrogens (tertiary/aromatic N) is 2. The van der Waals surface area contributed by atoms with Crippen molar-refractivity contribution in [2.75, 3.05) is 5.32 Å². The van der Waals surface area contributed by atoms with Crippen LogP contribution in [0.2, 0.25) is 5.02 Å². The van der Waals surface area contributed by atoms with Crippen LogP contribution in [-0.4, -0.2) is 15.9 Å². The molecule has 2 heterocycles. The molecule has 0 aliphatic heterocycles. The number of benzene rings is 2. The van der Waals surface area contributed by atoms with Gasteiger partial charge in [0.15, 0.2) is 5.13 Å². The molecule has 1 amide bonds. The first-order chi connectivity index (χ1) is 13.1. The lowest BCUT2D eigenvalue weighted by molar-refractivity contribution is -0.115. The minimum absolute atomic E-state index is 0.113. The summed E-state index contributed by atoms with van der Waals surface area (Å²) in [5.41, 5.74) is 3.92. The van der Waals surface area contributed by atoms with Crippen molar-refractivity contribution >= 4 is 55.5 Å². The van der Waals surface area contributed by atoms with E-state index in [0.717, 1.165) is 32.9 Å². The predicted octanol–water partition coefficient (Wildman–Crippen LogP) is 5.82. The Kier molecular flexibility index (Phi) is 5.20. The number of nitrogens with one attached hydrogen (secondary N) is 1. The van der Waals surface area contributed by atoms with Crippen LogP contribution in [0.4, 0.5) is 5.13 Å². The maximum atomic E-state index is 12.4. The smallest absolute Gasteiger partial charge is 0.232 e. The zero-order valence-corrected chi connectivity index (χ0v) is 16.9. The first kappa shape index (κ1) is 18.1. The van der Waals surface area contributed by atoms with Crippen LogP contribution in [0, 0.1) is 0 Å². The number of hydrogen-bond acceptors (Lipinski definition) is 5. The Morgan fingerprint density at radius 2 is 1.96 bits per heavy atom. The predicted molar refractivity (Wildman–Crippen MR) is 114 cm³/mol. The molecule has 136 valence electrons. The Hall–Kier alpha value is -2.28. The third-order valence-corrected chi connectivity index (χ3v) is 6.22. The normalized spacial score (nSPS) is 11.0. The van der Waals surface area contributed by atoms with Gasteiger partial charge < -0.3 is 5.32 Å². The summed E-state index contributed by atoms with van der Waals surface area (Å²) in [4.78, 5) is 21.4. The van der Waals surface area contributed by atoms with Crippen LogP contribution in [0.15, 0.2) is 47.8 Å². The van der Waals surface area contributed by atoms with Crippen LogP contribution in [0.1, 0.15) is 18.2 Å². The topological polar surface area (TPSA) is 54.9 Å². The summed E-state index contributed by atoms with van der Waals surface area (Å²) in [6.07, 6.45) is 1.20. The van der Waals surface area contributed by atoms with Crippen molar-refractivity contribution in [1.82, 2.24) is 9.97 Å². The highest BCUT2D eigenvalue weighted by Gasteiger charge is 2.12. The quantitative estimate of drug-likeness (QED) is 0.448. The molecular weight excluding hydrogens is 398 g/mol. The summed E-state index contributed by atoms with van der Waals surface area (Å²) in [7, 11) is 0. The molecule has 0 radical (unpaired) electrons. The molecular formula is C20H16ClN3OS2. The SMILES string of the molecule is CCc1ccc2nc(NC(=O)Cc3csc(-c4ccc(Cl)cc4)n3)sc2c1. The highest BCUT2D eigenvalue weighted by atomic mass is 35.5. The number of fused-ring (bicyclic) bond motifs is 1. The highest BCUT2D eigenvalue weighted by Crippen LogP contribution is 2.28. The number of aromatic nitrogens is 2. The molecule has 2 aromatic carbocycles. The molecule has 2 aromatic heterocycles. The molecule has 0 bridgehead atoms. The lowest BCUT2D eigenvalue weighted by atomic mass is 10.2. The van der Waals surface area contributed by atoms with Gasteiger partial charge in [-0.25, -0.2) is 9.97 Å². The minimum atomic E-state index is -0.113. The van der Waals surface area contributed by atoms with E-state index in [1.54, 1.807) is 0 Å². The summed E-state index contributed by atoms with van der Waals surface area (Å²) in [5.74, 6) is -0.113. The van der Waals surface area contributed by atoms with Crippen molar-refractivity contribution in [2.45, 2.75) is 19.8 Å². The van der Waals surface area contributed by atoms with Crippen molar-refractivity contribution in [3.63, 3.8) is 0 Å². The van der Waals surface area contributed by atoms with E-state index in [1.807, 2.05) is 35.7 Å². The lowest BCUT2D eigenvalue weighted by Crippen LogP contribution is -2.14. The van der Waals surface area contributed by atoms with Gasteiger partial charge in [0, 0.05) is 16.0 Å². The van der Waals surface area contributed by atoms with Crippen molar-refractivity contribution < 1.29 is 4.79 Å². The van der Waals surface area contributed by atoms with Crippen molar-refractivity contribution in [2.24, 2.45) is 0 Å². The molecule has 4 nitrogen and oxygen atoms in total. The molecule has 0 aliphatic carbocycles. The summed E-state index contributed by atoms with van der Waals surface area (Å²) < 4.78 is 1.09.